The Morgan fingerprint density at radius 3 is 2.90 bits per heavy atom. The zero-order chi connectivity index (χ0) is 15.2. The highest BCUT2D eigenvalue weighted by Crippen LogP contribution is 2.29. The third-order valence-electron chi connectivity index (χ3n) is 3.34. The number of hydrogen-bond acceptors (Lipinski definition) is 4. The van der Waals surface area contributed by atoms with Gasteiger partial charge in [0.2, 0.25) is 0 Å². The maximum absolute atomic E-state index is 4.53. The van der Waals surface area contributed by atoms with E-state index in [1.54, 1.807) is 11.3 Å². The molecule has 0 spiro atoms. The average molecular weight is 371 g/mol. The van der Waals surface area contributed by atoms with E-state index in [9.17, 15) is 0 Å². The molecule has 1 atom stereocenters. The summed E-state index contributed by atoms with van der Waals surface area (Å²) in [7, 11) is 4.17. The lowest BCUT2D eigenvalue weighted by molar-refractivity contribution is 0.365. The summed E-state index contributed by atoms with van der Waals surface area (Å²) in [6.07, 6.45) is 3.02. The molecule has 0 radical (unpaired) electrons. The quantitative estimate of drug-likeness (QED) is 0.773. The van der Waals surface area contributed by atoms with E-state index >= 15 is 0 Å². The largest absolute Gasteiger partial charge is 0.308 e. The SMILES string of the molecule is CCCNC(c1ccsc1)c1c(Br)cnn1CCN(C)C. The summed E-state index contributed by atoms with van der Waals surface area (Å²) in [4.78, 5) is 2.18. The van der Waals surface area contributed by atoms with E-state index in [1.807, 2.05) is 6.20 Å². The van der Waals surface area contributed by atoms with Crippen LogP contribution in [0.25, 0.3) is 0 Å². The molecule has 1 N–H and O–H groups in total. The highest BCUT2D eigenvalue weighted by atomic mass is 79.9. The lowest BCUT2D eigenvalue weighted by Crippen LogP contribution is -2.27. The molecule has 0 saturated carbocycles. The van der Waals surface area contributed by atoms with Crippen molar-refractivity contribution in [2.75, 3.05) is 27.2 Å². The van der Waals surface area contributed by atoms with Crippen molar-refractivity contribution in [3.05, 3.63) is 38.8 Å². The van der Waals surface area contributed by atoms with Crippen molar-refractivity contribution in [1.82, 2.24) is 20.0 Å². The van der Waals surface area contributed by atoms with Crippen LogP contribution in [0.4, 0.5) is 0 Å². The molecule has 1 unspecified atom stereocenters. The van der Waals surface area contributed by atoms with Crippen LogP contribution in [0.15, 0.2) is 27.5 Å². The van der Waals surface area contributed by atoms with Gasteiger partial charge in [0.05, 0.1) is 29.0 Å². The minimum Gasteiger partial charge on any atom is -0.308 e. The highest BCUT2D eigenvalue weighted by Gasteiger charge is 2.21. The van der Waals surface area contributed by atoms with Crippen molar-refractivity contribution in [2.24, 2.45) is 0 Å². The van der Waals surface area contributed by atoms with Gasteiger partial charge >= 0.3 is 0 Å². The first-order valence-corrected chi connectivity index (χ1v) is 8.98. The lowest BCUT2D eigenvalue weighted by Gasteiger charge is -2.21. The zero-order valence-corrected chi connectivity index (χ0v) is 15.2. The molecule has 0 fully saturated rings. The number of nitrogens with zero attached hydrogens (tertiary/aromatic N) is 3. The Bertz CT molecular complexity index is 536. The first-order valence-electron chi connectivity index (χ1n) is 7.25. The zero-order valence-electron chi connectivity index (χ0n) is 12.8. The monoisotopic (exact) mass is 370 g/mol. The van der Waals surface area contributed by atoms with Crippen molar-refractivity contribution in [2.45, 2.75) is 25.9 Å². The number of likely N-dealkylation sites (N-methyl/N-ethyl adjacent to an activating group) is 1. The molecule has 2 aromatic rings. The molecule has 2 heterocycles. The highest BCUT2D eigenvalue weighted by molar-refractivity contribution is 9.10. The van der Waals surface area contributed by atoms with Crippen LogP contribution < -0.4 is 5.32 Å². The van der Waals surface area contributed by atoms with Crippen LogP contribution in [0.2, 0.25) is 0 Å². The Labute approximate surface area is 139 Å². The van der Waals surface area contributed by atoms with Crippen molar-refractivity contribution in [1.29, 1.82) is 0 Å². The molecule has 6 heteroatoms. The van der Waals surface area contributed by atoms with Crippen molar-refractivity contribution < 1.29 is 0 Å². The summed E-state index contributed by atoms with van der Waals surface area (Å²) in [6.45, 7) is 5.05. The summed E-state index contributed by atoms with van der Waals surface area (Å²) in [5, 5.41) is 12.5. The van der Waals surface area contributed by atoms with Crippen LogP contribution in [0.1, 0.15) is 30.6 Å². The summed E-state index contributed by atoms with van der Waals surface area (Å²) >= 11 is 5.40. The van der Waals surface area contributed by atoms with Crippen LogP contribution in [0.3, 0.4) is 0 Å². The molecule has 2 rings (SSSR count). The van der Waals surface area contributed by atoms with Gasteiger partial charge in [-0.1, -0.05) is 6.92 Å². The van der Waals surface area contributed by atoms with Gasteiger partial charge in [0.15, 0.2) is 0 Å². The molecule has 116 valence electrons. The normalized spacial score (nSPS) is 13.0. The molecular formula is C15H23BrN4S. The number of hydrogen-bond donors (Lipinski definition) is 1. The smallest absolute Gasteiger partial charge is 0.0767 e. The third kappa shape index (κ3) is 4.39. The first kappa shape index (κ1) is 16.7. The van der Waals surface area contributed by atoms with Crippen LogP contribution >= 0.6 is 27.3 Å². The van der Waals surface area contributed by atoms with Crippen LogP contribution in [0, 0.1) is 0 Å². The minimum atomic E-state index is 0.190. The molecule has 0 aliphatic carbocycles. The van der Waals surface area contributed by atoms with E-state index < -0.39 is 0 Å². The molecule has 0 aliphatic heterocycles. The summed E-state index contributed by atoms with van der Waals surface area (Å²) in [5.41, 5.74) is 2.52. The molecule has 2 aromatic heterocycles. The van der Waals surface area contributed by atoms with Crippen molar-refractivity contribution in [3.63, 3.8) is 0 Å². The molecule has 0 aromatic carbocycles. The Morgan fingerprint density at radius 2 is 2.29 bits per heavy atom. The number of aromatic nitrogens is 2. The fourth-order valence-electron chi connectivity index (χ4n) is 2.23. The van der Waals surface area contributed by atoms with Gasteiger partial charge in [-0.3, -0.25) is 4.68 Å². The molecule has 4 nitrogen and oxygen atoms in total. The fourth-order valence-corrected chi connectivity index (χ4v) is 3.44. The predicted octanol–water partition coefficient (Wildman–Crippen LogP) is 3.36. The maximum Gasteiger partial charge on any atom is 0.0767 e. The molecule has 0 saturated heterocycles. The first-order chi connectivity index (χ1) is 10.1. The van der Waals surface area contributed by atoms with Crippen molar-refractivity contribution >= 4 is 27.3 Å². The maximum atomic E-state index is 4.53. The Morgan fingerprint density at radius 1 is 1.48 bits per heavy atom. The third-order valence-corrected chi connectivity index (χ3v) is 4.65. The number of rotatable bonds is 8. The predicted molar refractivity (Wildman–Crippen MR) is 92.9 cm³/mol. The van der Waals surface area contributed by atoms with Crippen LogP contribution in [0.5, 0.6) is 0 Å². The van der Waals surface area contributed by atoms with Gasteiger partial charge in [0, 0.05) is 6.54 Å². The van der Waals surface area contributed by atoms with Crippen LogP contribution in [-0.4, -0.2) is 41.9 Å². The number of thiophene rings is 1. The van der Waals surface area contributed by atoms with Gasteiger partial charge in [-0.2, -0.15) is 16.4 Å². The van der Waals surface area contributed by atoms with Gasteiger partial charge < -0.3 is 10.2 Å². The Kier molecular flexibility index (Phi) is 6.41. The Hall–Kier alpha value is -0.690. The van der Waals surface area contributed by atoms with Gasteiger partial charge in [0.1, 0.15) is 0 Å². The minimum absolute atomic E-state index is 0.190. The topological polar surface area (TPSA) is 33.1 Å². The van der Waals surface area contributed by atoms with E-state index in [0.717, 1.165) is 30.5 Å². The van der Waals surface area contributed by atoms with Gasteiger partial charge in [-0.05, 0) is 65.4 Å². The average Bonchev–Trinajstić information content (AvgIpc) is 3.09. The second kappa shape index (κ2) is 8.08. The van der Waals surface area contributed by atoms with E-state index in [4.69, 9.17) is 0 Å². The van der Waals surface area contributed by atoms with Crippen molar-refractivity contribution in [3.8, 4) is 0 Å². The summed E-state index contributed by atoms with van der Waals surface area (Å²) < 4.78 is 3.18. The van der Waals surface area contributed by atoms with Gasteiger partial charge in [-0.25, -0.2) is 0 Å². The molecule has 0 bridgehead atoms. The lowest BCUT2D eigenvalue weighted by atomic mass is 10.1. The summed E-state index contributed by atoms with van der Waals surface area (Å²) in [6, 6.07) is 2.38. The van der Waals surface area contributed by atoms with E-state index in [2.05, 4.69) is 73.8 Å². The molecule has 0 amide bonds. The number of nitrogens with one attached hydrogen (secondary N) is 1. The van der Waals surface area contributed by atoms with Crippen LogP contribution in [-0.2, 0) is 6.54 Å². The molecular weight excluding hydrogens is 348 g/mol. The standard InChI is InChI=1S/C15H23BrN4S/c1-4-6-17-14(12-5-9-21-11-12)15-13(16)10-18-20(15)8-7-19(2)3/h5,9-11,14,17H,4,6-8H2,1-3H3. The van der Waals surface area contributed by atoms with E-state index in [1.165, 1.54) is 11.3 Å². The van der Waals surface area contributed by atoms with E-state index in [0.29, 0.717) is 0 Å². The second-order valence-electron chi connectivity index (χ2n) is 5.35. The van der Waals surface area contributed by atoms with Gasteiger partial charge in [0.25, 0.3) is 0 Å². The second-order valence-corrected chi connectivity index (χ2v) is 6.98. The van der Waals surface area contributed by atoms with Gasteiger partial charge in [-0.15, -0.1) is 0 Å². The number of halogens is 1. The molecule has 0 aliphatic rings. The summed E-state index contributed by atoms with van der Waals surface area (Å²) in [5.74, 6) is 0. The van der Waals surface area contributed by atoms with E-state index in [-0.39, 0.29) is 6.04 Å². The molecule has 21 heavy (non-hydrogen) atoms. The Balaban J connectivity index is 2.28. The fraction of sp³-hybridized carbons (Fsp3) is 0.533.